The molecule has 476 valence electrons. The van der Waals surface area contributed by atoms with Crippen molar-refractivity contribution in [2.24, 2.45) is 0 Å². The summed E-state index contributed by atoms with van der Waals surface area (Å²) in [4.78, 5) is 38.4. The Hall–Kier alpha value is -3.15. The molecule has 6 nitrogen and oxygen atoms in total. The molecule has 0 aliphatic heterocycles. The van der Waals surface area contributed by atoms with Crippen molar-refractivity contribution in [3.8, 4) is 0 Å². The zero-order valence-corrected chi connectivity index (χ0v) is 54.8. The van der Waals surface area contributed by atoms with E-state index in [0.29, 0.717) is 19.3 Å². The molecule has 0 N–H and O–H groups in total. The van der Waals surface area contributed by atoms with Crippen LogP contribution in [0.1, 0.15) is 374 Å². The standard InChI is InChI=1S/C76H136O6/c1-4-7-10-13-16-19-22-25-28-30-32-34-35-36-37-38-39-40-42-43-45-48-51-54-57-60-63-66-69-75(78)81-72-73(71-80-74(77)68-65-62-59-56-53-50-47-27-24-21-18-15-12-9-6-3)82-76(79)70-67-64-61-58-55-52-49-46-44-41-33-31-29-26-23-20-17-14-11-8-5-2/h8,11,17,20,26,29,33,41,46,49,55,58,73H,4-7,9-10,12-16,18-19,21-25,27-28,30-32,34-40,42-45,47-48,50-54,56-57,59-72H2,1-3H3/b11-8-,20-17-,29-26-,41-33-,49-46-,58-55-. The maximum atomic E-state index is 12.9. The zero-order chi connectivity index (χ0) is 59.2. The van der Waals surface area contributed by atoms with Crippen LogP contribution in [0.4, 0.5) is 0 Å². The van der Waals surface area contributed by atoms with Crippen LogP contribution in [0.2, 0.25) is 0 Å². The molecule has 0 aromatic carbocycles. The lowest BCUT2D eigenvalue weighted by molar-refractivity contribution is -0.167. The van der Waals surface area contributed by atoms with Crippen molar-refractivity contribution in [3.63, 3.8) is 0 Å². The van der Waals surface area contributed by atoms with Crippen molar-refractivity contribution in [1.82, 2.24) is 0 Å². The second kappa shape index (κ2) is 70.3. The molecule has 0 aliphatic rings. The lowest BCUT2D eigenvalue weighted by atomic mass is 10.0. The van der Waals surface area contributed by atoms with Crippen LogP contribution in [0.15, 0.2) is 72.9 Å². The minimum Gasteiger partial charge on any atom is -0.462 e. The number of esters is 3. The van der Waals surface area contributed by atoms with Crippen molar-refractivity contribution in [1.29, 1.82) is 0 Å². The number of rotatable bonds is 66. The van der Waals surface area contributed by atoms with Gasteiger partial charge in [0.05, 0.1) is 0 Å². The van der Waals surface area contributed by atoms with Crippen LogP contribution >= 0.6 is 0 Å². The second-order valence-electron chi connectivity index (χ2n) is 24.1. The molecule has 0 fully saturated rings. The average molecular weight is 1150 g/mol. The van der Waals surface area contributed by atoms with E-state index in [1.54, 1.807) is 0 Å². The van der Waals surface area contributed by atoms with Gasteiger partial charge in [0.15, 0.2) is 6.10 Å². The largest absolute Gasteiger partial charge is 0.462 e. The fourth-order valence-corrected chi connectivity index (χ4v) is 10.6. The van der Waals surface area contributed by atoms with Crippen LogP contribution in [-0.2, 0) is 28.6 Å². The van der Waals surface area contributed by atoms with E-state index in [1.807, 2.05) is 0 Å². The topological polar surface area (TPSA) is 78.9 Å². The van der Waals surface area contributed by atoms with Gasteiger partial charge in [-0.3, -0.25) is 14.4 Å². The maximum absolute atomic E-state index is 12.9. The molecule has 0 aromatic rings. The number of carbonyl (C=O) groups is 3. The van der Waals surface area contributed by atoms with Gasteiger partial charge in [0.1, 0.15) is 13.2 Å². The Kier molecular flexibility index (Phi) is 67.6. The van der Waals surface area contributed by atoms with Crippen LogP contribution in [0.25, 0.3) is 0 Å². The molecule has 0 radical (unpaired) electrons. The third-order valence-electron chi connectivity index (χ3n) is 16.0. The van der Waals surface area contributed by atoms with Gasteiger partial charge in [0.25, 0.3) is 0 Å². The summed E-state index contributed by atoms with van der Waals surface area (Å²) >= 11 is 0. The van der Waals surface area contributed by atoms with Gasteiger partial charge in [-0.15, -0.1) is 0 Å². The van der Waals surface area contributed by atoms with Crippen LogP contribution in [0.3, 0.4) is 0 Å². The first-order chi connectivity index (χ1) is 40.5. The molecule has 1 atom stereocenters. The van der Waals surface area contributed by atoms with Gasteiger partial charge in [-0.05, 0) is 70.6 Å². The summed E-state index contributed by atoms with van der Waals surface area (Å²) in [6, 6.07) is 0. The quantitative estimate of drug-likeness (QED) is 0.0261. The Morgan fingerprint density at radius 1 is 0.256 bits per heavy atom. The number of hydrogen-bond acceptors (Lipinski definition) is 6. The fraction of sp³-hybridized carbons (Fsp3) is 0.803. The van der Waals surface area contributed by atoms with E-state index in [-0.39, 0.29) is 37.5 Å². The van der Waals surface area contributed by atoms with E-state index >= 15 is 0 Å². The minimum absolute atomic E-state index is 0.0884. The molecule has 0 saturated heterocycles. The molecule has 0 heterocycles. The molecule has 6 heteroatoms. The highest BCUT2D eigenvalue weighted by molar-refractivity contribution is 5.71. The Labute approximate surface area is 510 Å². The number of carbonyl (C=O) groups excluding carboxylic acids is 3. The molecule has 1 unspecified atom stereocenters. The molecule has 0 amide bonds. The van der Waals surface area contributed by atoms with Gasteiger partial charge in [-0.2, -0.15) is 0 Å². The van der Waals surface area contributed by atoms with E-state index in [2.05, 4.69) is 93.7 Å². The van der Waals surface area contributed by atoms with E-state index in [4.69, 9.17) is 14.2 Å². The van der Waals surface area contributed by atoms with Crippen LogP contribution < -0.4 is 0 Å². The first-order valence-electron chi connectivity index (χ1n) is 35.9. The van der Waals surface area contributed by atoms with E-state index < -0.39 is 6.10 Å². The van der Waals surface area contributed by atoms with E-state index in [0.717, 1.165) is 89.9 Å². The van der Waals surface area contributed by atoms with Gasteiger partial charge in [-0.1, -0.05) is 357 Å². The van der Waals surface area contributed by atoms with E-state index in [1.165, 1.54) is 238 Å². The number of ether oxygens (including phenoxy) is 3. The van der Waals surface area contributed by atoms with Crippen molar-refractivity contribution in [2.45, 2.75) is 380 Å². The zero-order valence-electron chi connectivity index (χ0n) is 54.8. The molecular formula is C76H136O6. The third kappa shape index (κ3) is 67.6. The van der Waals surface area contributed by atoms with Crippen LogP contribution in [0, 0.1) is 0 Å². The predicted molar refractivity (Wildman–Crippen MR) is 358 cm³/mol. The van der Waals surface area contributed by atoms with E-state index in [9.17, 15) is 14.4 Å². The summed E-state index contributed by atoms with van der Waals surface area (Å²) in [6.45, 7) is 6.56. The smallest absolute Gasteiger partial charge is 0.306 e. The number of unbranched alkanes of at least 4 members (excludes halogenated alkanes) is 43. The first-order valence-corrected chi connectivity index (χ1v) is 35.9. The van der Waals surface area contributed by atoms with Crippen molar-refractivity contribution < 1.29 is 28.6 Å². The van der Waals surface area contributed by atoms with Crippen LogP contribution in [0.5, 0.6) is 0 Å². The highest BCUT2D eigenvalue weighted by Crippen LogP contribution is 2.18. The predicted octanol–water partition coefficient (Wildman–Crippen LogP) is 24.8. The Balaban J connectivity index is 4.30. The van der Waals surface area contributed by atoms with Gasteiger partial charge >= 0.3 is 17.9 Å². The lowest BCUT2D eigenvalue weighted by Crippen LogP contribution is -2.30. The fourth-order valence-electron chi connectivity index (χ4n) is 10.6. The summed E-state index contributed by atoms with van der Waals surface area (Å²) in [5.74, 6) is -0.909. The monoisotopic (exact) mass is 1150 g/mol. The molecule has 0 rings (SSSR count). The summed E-state index contributed by atoms with van der Waals surface area (Å²) in [5, 5.41) is 0. The summed E-state index contributed by atoms with van der Waals surface area (Å²) in [6.07, 6.45) is 92.3. The normalized spacial score (nSPS) is 12.5. The number of allylic oxidation sites excluding steroid dienone is 12. The molecule has 0 aromatic heterocycles. The van der Waals surface area contributed by atoms with Gasteiger partial charge in [-0.25, -0.2) is 0 Å². The average Bonchev–Trinajstić information content (AvgIpc) is 3.47. The van der Waals surface area contributed by atoms with Gasteiger partial charge in [0.2, 0.25) is 0 Å². The van der Waals surface area contributed by atoms with Crippen LogP contribution in [-0.4, -0.2) is 37.2 Å². The first kappa shape index (κ1) is 78.8. The van der Waals surface area contributed by atoms with Gasteiger partial charge in [0, 0.05) is 19.3 Å². The summed E-state index contributed by atoms with van der Waals surface area (Å²) in [7, 11) is 0. The highest BCUT2D eigenvalue weighted by Gasteiger charge is 2.19. The molecule has 0 spiro atoms. The van der Waals surface area contributed by atoms with Gasteiger partial charge < -0.3 is 14.2 Å². The lowest BCUT2D eigenvalue weighted by Gasteiger charge is -2.18. The maximum Gasteiger partial charge on any atom is 0.306 e. The summed E-state index contributed by atoms with van der Waals surface area (Å²) in [5.41, 5.74) is 0. The molecule has 0 saturated carbocycles. The second-order valence-corrected chi connectivity index (χ2v) is 24.1. The Morgan fingerprint density at radius 3 is 0.744 bits per heavy atom. The van der Waals surface area contributed by atoms with Crippen molar-refractivity contribution >= 4 is 17.9 Å². The summed E-state index contributed by atoms with van der Waals surface area (Å²) < 4.78 is 17.0. The minimum atomic E-state index is -0.798. The molecular weight excluding hydrogens is 1010 g/mol. The Bertz CT molecular complexity index is 1500. The molecule has 82 heavy (non-hydrogen) atoms. The Morgan fingerprint density at radius 2 is 0.476 bits per heavy atom. The SMILES string of the molecule is CC/C=C\C/C=C\C/C=C\C/C=C\C/C=C\C/C=C\CCCCC(=O)OC(COC(=O)CCCCCCCCCCCCCCCCC)COC(=O)CCCCCCCCCCCCCCCCCCCCCCCCCCCCCC. The molecule has 0 bridgehead atoms. The van der Waals surface area contributed by atoms with Crippen molar-refractivity contribution in [3.05, 3.63) is 72.9 Å². The third-order valence-corrected chi connectivity index (χ3v) is 16.0. The van der Waals surface area contributed by atoms with Crippen molar-refractivity contribution in [2.75, 3.05) is 13.2 Å². The number of hydrogen-bond donors (Lipinski definition) is 0. The molecule has 0 aliphatic carbocycles. The highest BCUT2D eigenvalue weighted by atomic mass is 16.6.